The van der Waals surface area contributed by atoms with Gasteiger partial charge in [0.1, 0.15) is 5.82 Å². The van der Waals surface area contributed by atoms with E-state index in [9.17, 15) is 18.0 Å². The summed E-state index contributed by atoms with van der Waals surface area (Å²) in [6.45, 7) is 0.353. The Morgan fingerprint density at radius 2 is 2.03 bits per heavy atom. The Bertz CT molecular complexity index is 1020. The van der Waals surface area contributed by atoms with E-state index in [-0.39, 0.29) is 22.4 Å². The molecule has 0 bridgehead atoms. The maximum atomic E-state index is 13.8. The molecule has 30 heavy (non-hydrogen) atoms. The van der Waals surface area contributed by atoms with Crippen molar-refractivity contribution in [1.29, 1.82) is 0 Å². The third-order valence-electron chi connectivity index (χ3n) is 4.94. The molecular formula is C20H18BrF3N4OS. The lowest BCUT2D eigenvalue weighted by molar-refractivity contribution is -0.173. The number of halogens is 4. The zero-order valence-electron chi connectivity index (χ0n) is 15.6. The SMILES string of the molecule is O=C(NCCc1ccccc1)c1nn2c(c1Br)NC(c1cccs1)CC2C(F)(F)F. The van der Waals surface area contributed by atoms with E-state index in [0.717, 1.165) is 15.1 Å². The van der Waals surface area contributed by atoms with Gasteiger partial charge in [-0.3, -0.25) is 4.79 Å². The van der Waals surface area contributed by atoms with E-state index in [1.807, 2.05) is 35.7 Å². The molecule has 0 radical (unpaired) electrons. The summed E-state index contributed by atoms with van der Waals surface area (Å²) >= 11 is 4.68. The van der Waals surface area contributed by atoms with Crippen molar-refractivity contribution in [2.75, 3.05) is 11.9 Å². The molecule has 2 unspecified atom stereocenters. The van der Waals surface area contributed by atoms with E-state index in [0.29, 0.717) is 13.0 Å². The van der Waals surface area contributed by atoms with Crippen molar-refractivity contribution in [1.82, 2.24) is 15.1 Å². The van der Waals surface area contributed by atoms with Crippen LogP contribution in [0.5, 0.6) is 0 Å². The smallest absolute Gasteiger partial charge is 0.362 e. The highest BCUT2D eigenvalue weighted by Gasteiger charge is 2.47. The van der Waals surface area contributed by atoms with E-state index in [1.165, 1.54) is 11.3 Å². The molecule has 1 amide bonds. The summed E-state index contributed by atoms with van der Waals surface area (Å²) in [5, 5.41) is 11.7. The molecule has 0 aliphatic carbocycles. The second-order valence-electron chi connectivity index (χ2n) is 6.95. The molecule has 0 saturated heterocycles. The van der Waals surface area contributed by atoms with Crippen molar-refractivity contribution >= 4 is 39.0 Å². The summed E-state index contributed by atoms with van der Waals surface area (Å²) < 4.78 is 42.4. The lowest BCUT2D eigenvalue weighted by atomic mass is 10.0. The van der Waals surface area contributed by atoms with Gasteiger partial charge in [-0.05, 0) is 39.4 Å². The maximum absolute atomic E-state index is 13.8. The van der Waals surface area contributed by atoms with Crippen LogP contribution in [0.4, 0.5) is 19.0 Å². The molecule has 158 valence electrons. The van der Waals surface area contributed by atoms with Gasteiger partial charge in [-0.15, -0.1) is 11.3 Å². The van der Waals surface area contributed by atoms with Crippen LogP contribution in [-0.2, 0) is 6.42 Å². The fourth-order valence-corrected chi connectivity index (χ4v) is 4.81. The van der Waals surface area contributed by atoms with Gasteiger partial charge in [-0.2, -0.15) is 18.3 Å². The van der Waals surface area contributed by atoms with Crippen LogP contribution in [0.3, 0.4) is 0 Å². The molecule has 2 N–H and O–H groups in total. The highest BCUT2D eigenvalue weighted by Crippen LogP contribution is 2.46. The monoisotopic (exact) mass is 498 g/mol. The number of benzene rings is 1. The summed E-state index contributed by atoms with van der Waals surface area (Å²) in [4.78, 5) is 13.4. The van der Waals surface area contributed by atoms with Crippen LogP contribution < -0.4 is 10.6 Å². The molecule has 4 rings (SSSR count). The average molecular weight is 499 g/mol. The Morgan fingerprint density at radius 1 is 1.27 bits per heavy atom. The van der Waals surface area contributed by atoms with E-state index >= 15 is 0 Å². The topological polar surface area (TPSA) is 59.0 Å². The Hall–Kier alpha value is -2.33. The van der Waals surface area contributed by atoms with Crippen LogP contribution >= 0.6 is 27.3 Å². The Labute approximate surface area is 183 Å². The second-order valence-corrected chi connectivity index (χ2v) is 8.72. The summed E-state index contributed by atoms with van der Waals surface area (Å²) in [6, 6.07) is 10.9. The van der Waals surface area contributed by atoms with Crippen LogP contribution in [0.1, 0.15) is 39.4 Å². The lowest BCUT2D eigenvalue weighted by Gasteiger charge is -2.33. The van der Waals surface area contributed by atoms with Crippen LogP contribution in [0.25, 0.3) is 0 Å². The van der Waals surface area contributed by atoms with Gasteiger partial charge in [0.25, 0.3) is 5.91 Å². The molecule has 2 aromatic heterocycles. The molecular weight excluding hydrogens is 481 g/mol. The first-order chi connectivity index (χ1) is 14.3. The number of anilines is 1. The predicted molar refractivity (Wildman–Crippen MR) is 113 cm³/mol. The number of hydrogen-bond acceptors (Lipinski definition) is 4. The molecule has 10 heteroatoms. The fourth-order valence-electron chi connectivity index (χ4n) is 3.46. The number of nitrogens with one attached hydrogen (secondary N) is 2. The van der Waals surface area contributed by atoms with Crippen LogP contribution in [-0.4, -0.2) is 28.4 Å². The minimum Gasteiger partial charge on any atom is -0.362 e. The third kappa shape index (κ3) is 4.24. The van der Waals surface area contributed by atoms with Crippen molar-refractivity contribution < 1.29 is 18.0 Å². The summed E-state index contributed by atoms with van der Waals surface area (Å²) in [6.07, 6.45) is -4.07. The molecule has 2 atom stereocenters. The quantitative estimate of drug-likeness (QED) is 0.499. The summed E-state index contributed by atoms with van der Waals surface area (Å²) in [7, 11) is 0. The Kier molecular flexibility index (Phi) is 5.88. The number of thiophene rings is 1. The lowest BCUT2D eigenvalue weighted by Crippen LogP contribution is -2.35. The Morgan fingerprint density at radius 3 is 2.70 bits per heavy atom. The molecule has 1 aliphatic rings. The summed E-state index contributed by atoms with van der Waals surface area (Å²) in [5.74, 6) is -0.356. The number of nitrogens with zero attached hydrogens (tertiary/aromatic N) is 2. The van der Waals surface area contributed by atoms with Crippen molar-refractivity contribution in [3.05, 3.63) is 68.5 Å². The van der Waals surface area contributed by atoms with Gasteiger partial charge in [-0.25, -0.2) is 4.68 Å². The number of amides is 1. The number of alkyl halides is 3. The molecule has 1 aromatic carbocycles. The zero-order valence-corrected chi connectivity index (χ0v) is 18.0. The van der Waals surface area contributed by atoms with E-state index < -0.39 is 24.2 Å². The van der Waals surface area contributed by atoms with Crippen LogP contribution in [0.2, 0.25) is 0 Å². The van der Waals surface area contributed by atoms with Gasteiger partial charge < -0.3 is 10.6 Å². The van der Waals surface area contributed by atoms with Gasteiger partial charge in [0.05, 0.1) is 10.5 Å². The maximum Gasteiger partial charge on any atom is 0.410 e. The highest BCUT2D eigenvalue weighted by atomic mass is 79.9. The van der Waals surface area contributed by atoms with Crippen LogP contribution in [0, 0.1) is 0 Å². The van der Waals surface area contributed by atoms with E-state index in [2.05, 4.69) is 31.7 Å². The largest absolute Gasteiger partial charge is 0.410 e. The summed E-state index contributed by atoms with van der Waals surface area (Å²) in [5.41, 5.74) is 0.991. The zero-order chi connectivity index (χ0) is 21.3. The predicted octanol–water partition coefficient (Wildman–Crippen LogP) is 5.34. The number of hydrogen-bond donors (Lipinski definition) is 2. The van der Waals surface area contributed by atoms with Crippen molar-refractivity contribution in [3.8, 4) is 0 Å². The molecule has 0 spiro atoms. The number of carbonyl (C=O) groups excluding carboxylic acids is 1. The normalized spacial score (nSPS) is 18.5. The first-order valence-electron chi connectivity index (χ1n) is 9.31. The van der Waals surface area contributed by atoms with Gasteiger partial charge in [0.2, 0.25) is 0 Å². The van der Waals surface area contributed by atoms with Crippen molar-refractivity contribution in [2.45, 2.75) is 31.1 Å². The standard InChI is InChI=1S/C20H18BrF3N4OS/c21-16-17(19(29)25-9-8-12-5-2-1-3-6-12)27-28-15(20(22,23)24)11-13(26-18(16)28)14-7-4-10-30-14/h1-7,10,13,15,26H,8-9,11H2,(H,25,29). The molecule has 1 aliphatic heterocycles. The first kappa shape index (κ1) is 20.9. The number of aromatic nitrogens is 2. The number of fused-ring (bicyclic) bond motifs is 1. The van der Waals surface area contributed by atoms with Gasteiger partial charge in [0, 0.05) is 17.8 Å². The third-order valence-corrected chi connectivity index (χ3v) is 6.68. The van der Waals surface area contributed by atoms with Gasteiger partial charge in [0.15, 0.2) is 11.7 Å². The molecule has 3 heterocycles. The number of rotatable bonds is 5. The van der Waals surface area contributed by atoms with Crippen molar-refractivity contribution in [2.24, 2.45) is 0 Å². The average Bonchev–Trinajstić information content (AvgIpc) is 3.36. The minimum absolute atomic E-state index is 0.0633. The van der Waals surface area contributed by atoms with Crippen LogP contribution in [0.15, 0.2) is 52.3 Å². The fraction of sp³-hybridized carbons (Fsp3) is 0.300. The number of carbonyl (C=O) groups is 1. The Balaban J connectivity index is 1.56. The van der Waals surface area contributed by atoms with Gasteiger partial charge >= 0.3 is 6.18 Å². The van der Waals surface area contributed by atoms with E-state index in [4.69, 9.17) is 0 Å². The van der Waals surface area contributed by atoms with E-state index in [1.54, 1.807) is 12.1 Å². The van der Waals surface area contributed by atoms with Gasteiger partial charge in [-0.1, -0.05) is 36.4 Å². The molecule has 5 nitrogen and oxygen atoms in total. The molecule has 0 fully saturated rings. The second kappa shape index (κ2) is 8.43. The first-order valence-corrected chi connectivity index (χ1v) is 11.0. The highest BCUT2D eigenvalue weighted by molar-refractivity contribution is 9.10. The van der Waals surface area contributed by atoms with Crippen molar-refractivity contribution in [3.63, 3.8) is 0 Å². The minimum atomic E-state index is -4.49. The molecule has 0 saturated carbocycles. The molecule has 3 aromatic rings.